The van der Waals surface area contributed by atoms with E-state index in [0.717, 1.165) is 11.1 Å². The van der Waals surface area contributed by atoms with Gasteiger partial charge in [0.25, 0.3) is 0 Å². The van der Waals surface area contributed by atoms with Crippen LogP contribution in [0.4, 0.5) is 5.69 Å². The molecule has 0 aromatic heterocycles. The number of hydrogen-bond donors (Lipinski definition) is 2. The van der Waals surface area contributed by atoms with E-state index in [4.69, 9.17) is 11.6 Å². The highest BCUT2D eigenvalue weighted by atomic mass is 35.5. The molecule has 2 N–H and O–H groups in total. The van der Waals surface area contributed by atoms with E-state index in [9.17, 15) is 13.2 Å². The Balaban J connectivity index is 2.03. The molecule has 2 aromatic rings. The third-order valence-electron chi connectivity index (χ3n) is 3.26. The van der Waals surface area contributed by atoms with Gasteiger partial charge in [0.2, 0.25) is 15.9 Å². The first kappa shape index (κ1) is 17.5. The molecule has 0 spiro atoms. The Bertz CT molecular complexity index is 835. The number of aryl methyl sites for hydroxylation is 1. The van der Waals surface area contributed by atoms with E-state index in [-0.39, 0.29) is 11.4 Å². The maximum absolute atomic E-state index is 12.2. The number of amides is 1. The predicted molar refractivity (Wildman–Crippen MR) is 91.2 cm³/mol. The molecule has 1 amide bonds. The predicted octanol–water partition coefficient (Wildman–Crippen LogP) is 2.87. The van der Waals surface area contributed by atoms with E-state index in [1.54, 1.807) is 50.2 Å². The van der Waals surface area contributed by atoms with Crippen LogP contribution in [0.25, 0.3) is 0 Å². The van der Waals surface area contributed by atoms with Crippen molar-refractivity contribution in [2.45, 2.75) is 18.7 Å². The van der Waals surface area contributed by atoms with Crippen molar-refractivity contribution in [2.24, 2.45) is 0 Å². The van der Waals surface area contributed by atoms with Crippen molar-refractivity contribution in [3.63, 3.8) is 0 Å². The smallest absolute Gasteiger partial charge is 0.241 e. The third-order valence-corrected chi connectivity index (χ3v) is 5.07. The van der Waals surface area contributed by atoms with Crippen molar-refractivity contribution in [2.75, 3.05) is 11.9 Å². The molecule has 0 bridgehead atoms. The molecule has 122 valence electrons. The minimum absolute atomic E-state index is 0.129. The maximum Gasteiger partial charge on any atom is 0.241 e. The van der Waals surface area contributed by atoms with Gasteiger partial charge in [-0.1, -0.05) is 29.8 Å². The summed E-state index contributed by atoms with van der Waals surface area (Å²) in [6, 6.07) is 11.6. The van der Waals surface area contributed by atoms with Gasteiger partial charge in [-0.2, -0.15) is 0 Å². The molecule has 0 aliphatic rings. The van der Waals surface area contributed by atoms with Gasteiger partial charge in [-0.25, -0.2) is 13.1 Å². The lowest BCUT2D eigenvalue weighted by Gasteiger charge is -2.10. The minimum atomic E-state index is -3.73. The molecule has 0 heterocycles. The first-order valence-corrected chi connectivity index (χ1v) is 8.77. The summed E-state index contributed by atoms with van der Waals surface area (Å²) in [4.78, 5) is 12.1. The van der Waals surface area contributed by atoms with Crippen molar-refractivity contribution in [1.82, 2.24) is 4.72 Å². The summed E-state index contributed by atoms with van der Waals surface area (Å²) in [6.45, 7) is 3.21. The monoisotopic (exact) mass is 352 g/mol. The van der Waals surface area contributed by atoms with Crippen LogP contribution in [0, 0.1) is 13.8 Å². The zero-order valence-corrected chi connectivity index (χ0v) is 14.3. The molecule has 0 fully saturated rings. The Morgan fingerprint density at radius 3 is 2.52 bits per heavy atom. The Labute approximate surface area is 140 Å². The zero-order chi connectivity index (χ0) is 17.0. The SMILES string of the molecule is Cc1cccc(S(=O)(=O)NCC(=O)Nc2cccc(Cl)c2C)c1. The molecule has 0 saturated heterocycles. The number of sulfonamides is 1. The van der Waals surface area contributed by atoms with Gasteiger partial charge in [-0.05, 0) is 49.2 Å². The lowest BCUT2D eigenvalue weighted by atomic mass is 10.2. The van der Waals surface area contributed by atoms with Gasteiger partial charge in [-0.15, -0.1) is 0 Å². The van der Waals surface area contributed by atoms with E-state index >= 15 is 0 Å². The number of rotatable bonds is 5. The average molecular weight is 353 g/mol. The van der Waals surface area contributed by atoms with E-state index in [1.165, 1.54) is 6.07 Å². The van der Waals surface area contributed by atoms with Crippen molar-refractivity contribution < 1.29 is 13.2 Å². The number of halogens is 1. The molecular weight excluding hydrogens is 336 g/mol. The number of nitrogens with one attached hydrogen (secondary N) is 2. The normalized spacial score (nSPS) is 11.3. The second kappa shape index (κ2) is 7.12. The molecule has 7 heteroatoms. The summed E-state index contributed by atoms with van der Waals surface area (Å²) in [7, 11) is -3.73. The standard InChI is InChI=1S/C16H17ClN2O3S/c1-11-5-3-6-13(9-11)23(21,22)18-10-16(20)19-15-8-4-7-14(17)12(15)2/h3-9,18H,10H2,1-2H3,(H,19,20). The number of hydrogen-bond acceptors (Lipinski definition) is 3. The van der Waals surface area contributed by atoms with Gasteiger partial charge < -0.3 is 5.32 Å². The van der Waals surface area contributed by atoms with Gasteiger partial charge in [-0.3, -0.25) is 4.79 Å². The zero-order valence-electron chi connectivity index (χ0n) is 12.8. The lowest BCUT2D eigenvalue weighted by molar-refractivity contribution is -0.115. The topological polar surface area (TPSA) is 75.3 Å². The van der Waals surface area contributed by atoms with Crippen LogP contribution in [0.15, 0.2) is 47.4 Å². The van der Waals surface area contributed by atoms with Gasteiger partial charge in [0.05, 0.1) is 11.4 Å². The van der Waals surface area contributed by atoms with E-state index in [1.807, 2.05) is 0 Å². The van der Waals surface area contributed by atoms with Gasteiger partial charge in [0, 0.05) is 10.7 Å². The van der Waals surface area contributed by atoms with E-state index in [0.29, 0.717) is 10.7 Å². The number of carbonyl (C=O) groups is 1. The second-order valence-electron chi connectivity index (χ2n) is 5.10. The number of anilines is 1. The molecule has 5 nitrogen and oxygen atoms in total. The summed E-state index contributed by atoms with van der Waals surface area (Å²) in [5.41, 5.74) is 2.10. The quantitative estimate of drug-likeness (QED) is 0.868. The van der Waals surface area contributed by atoms with Crippen molar-refractivity contribution >= 4 is 33.2 Å². The second-order valence-corrected chi connectivity index (χ2v) is 7.28. The fourth-order valence-corrected chi connectivity index (χ4v) is 3.22. The molecule has 0 aliphatic heterocycles. The highest BCUT2D eigenvalue weighted by Gasteiger charge is 2.16. The van der Waals surface area contributed by atoms with Crippen molar-refractivity contribution in [3.8, 4) is 0 Å². The number of carbonyl (C=O) groups excluding carboxylic acids is 1. The summed E-state index contributed by atoms with van der Waals surface area (Å²) < 4.78 is 26.6. The Morgan fingerprint density at radius 1 is 1.13 bits per heavy atom. The molecule has 2 rings (SSSR count). The molecule has 0 atom stereocenters. The first-order chi connectivity index (χ1) is 10.8. The van der Waals surface area contributed by atoms with Gasteiger partial charge in [0.1, 0.15) is 0 Å². The van der Waals surface area contributed by atoms with Crippen LogP contribution in [0.3, 0.4) is 0 Å². The Kier molecular flexibility index (Phi) is 5.41. The van der Waals surface area contributed by atoms with E-state index < -0.39 is 15.9 Å². The van der Waals surface area contributed by atoms with Crippen LogP contribution in [-0.2, 0) is 14.8 Å². The molecule has 0 aliphatic carbocycles. The molecule has 2 aromatic carbocycles. The van der Waals surface area contributed by atoms with Crippen molar-refractivity contribution in [1.29, 1.82) is 0 Å². The maximum atomic E-state index is 12.2. The minimum Gasteiger partial charge on any atom is -0.325 e. The van der Waals surface area contributed by atoms with Crippen LogP contribution in [0.2, 0.25) is 5.02 Å². The summed E-state index contributed by atoms with van der Waals surface area (Å²) in [5.74, 6) is -0.466. The van der Waals surface area contributed by atoms with E-state index in [2.05, 4.69) is 10.0 Å². The summed E-state index contributed by atoms with van der Waals surface area (Å²) >= 11 is 5.98. The van der Waals surface area contributed by atoms with Crippen LogP contribution >= 0.6 is 11.6 Å². The molecule has 0 saturated carbocycles. The Hall–Kier alpha value is -1.89. The highest BCUT2D eigenvalue weighted by molar-refractivity contribution is 7.89. The van der Waals surface area contributed by atoms with Crippen molar-refractivity contribution in [3.05, 3.63) is 58.6 Å². The fourth-order valence-electron chi connectivity index (χ4n) is 1.96. The molecule has 23 heavy (non-hydrogen) atoms. The Morgan fingerprint density at radius 2 is 1.83 bits per heavy atom. The van der Waals surface area contributed by atoms with Crippen LogP contribution in [0.1, 0.15) is 11.1 Å². The summed E-state index contributed by atoms with van der Waals surface area (Å²) in [6.07, 6.45) is 0. The van der Waals surface area contributed by atoms with Crippen LogP contribution in [0.5, 0.6) is 0 Å². The average Bonchev–Trinajstić information content (AvgIpc) is 2.50. The lowest BCUT2D eigenvalue weighted by Crippen LogP contribution is -2.33. The number of benzene rings is 2. The van der Waals surface area contributed by atoms with Crippen LogP contribution in [-0.4, -0.2) is 20.9 Å². The first-order valence-electron chi connectivity index (χ1n) is 6.91. The largest absolute Gasteiger partial charge is 0.325 e. The highest BCUT2D eigenvalue weighted by Crippen LogP contribution is 2.22. The molecular formula is C16H17ClN2O3S. The van der Waals surface area contributed by atoms with Gasteiger partial charge >= 0.3 is 0 Å². The van der Waals surface area contributed by atoms with Crippen LogP contribution < -0.4 is 10.0 Å². The molecule has 0 unspecified atom stereocenters. The van der Waals surface area contributed by atoms with Gasteiger partial charge in [0.15, 0.2) is 0 Å². The third kappa shape index (κ3) is 4.54. The molecule has 0 radical (unpaired) electrons. The summed E-state index contributed by atoms with van der Waals surface area (Å²) in [5, 5.41) is 3.17. The fraction of sp³-hybridized carbons (Fsp3) is 0.188.